The number of ketones is 1. The fraction of sp³-hybridized carbons (Fsp3) is 0.190. The van der Waals surface area contributed by atoms with Crippen molar-refractivity contribution in [2.75, 3.05) is 0 Å². The van der Waals surface area contributed by atoms with Crippen molar-refractivity contribution in [2.24, 2.45) is 11.8 Å². The number of carbonyl (C=O) groups excluding carboxylic acids is 3. The Kier molecular flexibility index (Phi) is 3.21. The molecule has 0 aromatic heterocycles. The Labute approximate surface area is 150 Å². The largest absolute Gasteiger partial charge is 0.295 e. The smallest absolute Gasteiger partial charge is 0.237 e. The van der Waals surface area contributed by atoms with Gasteiger partial charge in [-0.25, -0.2) is 0 Å². The molecule has 1 unspecified atom stereocenters. The van der Waals surface area contributed by atoms with Crippen molar-refractivity contribution in [1.82, 2.24) is 5.32 Å². The lowest BCUT2D eigenvalue weighted by atomic mass is 9.83. The van der Waals surface area contributed by atoms with Gasteiger partial charge in [0, 0.05) is 11.1 Å². The van der Waals surface area contributed by atoms with Crippen molar-refractivity contribution in [3.8, 4) is 0 Å². The van der Waals surface area contributed by atoms with Gasteiger partial charge < -0.3 is 0 Å². The maximum absolute atomic E-state index is 13.3. The first kappa shape index (κ1) is 15.2. The Balaban J connectivity index is 1.66. The SMILES string of the molecule is O=C1NC(=O)[C@H]2[C@@H]1[C@@H](C(=O)c1ccccc1)[NH+]1C=Cc3ccccc3[C@H]21. The molecule has 5 atom stereocenters. The Hall–Kier alpha value is -3.05. The molecule has 5 nitrogen and oxygen atoms in total. The summed E-state index contributed by atoms with van der Waals surface area (Å²) in [7, 11) is 0. The van der Waals surface area contributed by atoms with E-state index in [4.69, 9.17) is 0 Å². The quantitative estimate of drug-likeness (QED) is 0.624. The highest BCUT2D eigenvalue weighted by atomic mass is 16.2. The average molecular weight is 345 g/mol. The van der Waals surface area contributed by atoms with Gasteiger partial charge in [-0.1, -0.05) is 54.6 Å². The average Bonchev–Trinajstić information content (AvgIpc) is 3.17. The lowest BCUT2D eigenvalue weighted by molar-refractivity contribution is -0.884. The van der Waals surface area contributed by atoms with Gasteiger partial charge in [0.25, 0.3) is 0 Å². The highest BCUT2D eigenvalue weighted by Gasteiger charge is 2.65. The van der Waals surface area contributed by atoms with Crippen LogP contribution in [0.15, 0.2) is 60.8 Å². The molecule has 128 valence electrons. The summed E-state index contributed by atoms with van der Waals surface area (Å²) >= 11 is 0. The second-order valence-electron chi connectivity index (χ2n) is 7.05. The molecule has 5 rings (SSSR count). The molecular formula is C21H17N2O3+. The Bertz CT molecular complexity index is 966. The maximum atomic E-state index is 13.3. The van der Waals surface area contributed by atoms with Crippen molar-refractivity contribution in [2.45, 2.75) is 12.1 Å². The Morgan fingerprint density at radius 3 is 2.38 bits per heavy atom. The highest BCUT2D eigenvalue weighted by Crippen LogP contribution is 2.40. The number of benzene rings is 2. The molecule has 0 saturated carbocycles. The minimum absolute atomic E-state index is 0.0908. The van der Waals surface area contributed by atoms with Gasteiger partial charge in [-0.3, -0.25) is 24.6 Å². The number of hydrogen-bond donors (Lipinski definition) is 2. The van der Waals surface area contributed by atoms with Crippen LogP contribution in [0.5, 0.6) is 0 Å². The molecule has 3 heterocycles. The number of imide groups is 1. The predicted molar refractivity (Wildman–Crippen MR) is 93.9 cm³/mol. The summed E-state index contributed by atoms with van der Waals surface area (Å²) in [5.74, 6) is -1.84. The van der Waals surface area contributed by atoms with Gasteiger partial charge in [0.05, 0.1) is 6.20 Å². The third-order valence-corrected chi connectivity index (χ3v) is 5.80. The van der Waals surface area contributed by atoms with Crippen LogP contribution < -0.4 is 10.2 Å². The topological polar surface area (TPSA) is 67.7 Å². The Morgan fingerprint density at radius 1 is 0.885 bits per heavy atom. The fourth-order valence-electron chi connectivity index (χ4n) is 4.75. The van der Waals surface area contributed by atoms with Crippen LogP contribution in [0.4, 0.5) is 0 Å². The molecular weight excluding hydrogens is 328 g/mol. The zero-order valence-corrected chi connectivity index (χ0v) is 13.9. The van der Waals surface area contributed by atoms with Crippen LogP contribution in [0.3, 0.4) is 0 Å². The molecule has 3 aliphatic heterocycles. The molecule has 2 fully saturated rings. The number of carbonyl (C=O) groups is 3. The van der Waals surface area contributed by atoms with E-state index in [1.54, 1.807) is 12.1 Å². The van der Waals surface area contributed by atoms with E-state index < -0.39 is 17.9 Å². The standard InChI is InChI=1S/C21H16N2O3/c24-19(13-7-2-1-3-8-13)18-16-15(20(25)22-21(16)26)17-14-9-5-4-6-12(14)10-11-23(17)18/h1-11,15-18H,(H,22,25,26)/p+1/t15-,16+,17+,18-/m0/s1. The maximum Gasteiger partial charge on any atom is 0.237 e. The second-order valence-corrected chi connectivity index (χ2v) is 7.05. The van der Waals surface area contributed by atoms with Crippen LogP contribution in [0.2, 0.25) is 0 Å². The highest BCUT2D eigenvalue weighted by molar-refractivity contribution is 6.10. The molecule has 0 radical (unpaired) electrons. The number of hydrogen-bond acceptors (Lipinski definition) is 3. The fourth-order valence-corrected chi connectivity index (χ4v) is 4.75. The summed E-state index contributed by atoms with van der Waals surface area (Å²) in [5, 5.41) is 2.45. The monoisotopic (exact) mass is 345 g/mol. The molecule has 2 saturated heterocycles. The molecule has 2 aromatic carbocycles. The third-order valence-electron chi connectivity index (χ3n) is 5.80. The van der Waals surface area contributed by atoms with E-state index in [9.17, 15) is 14.4 Å². The van der Waals surface area contributed by atoms with Crippen LogP contribution >= 0.6 is 0 Å². The summed E-state index contributed by atoms with van der Waals surface area (Å²) in [5.41, 5.74) is 2.64. The number of amides is 2. The van der Waals surface area contributed by atoms with Crippen LogP contribution in [0.25, 0.3) is 6.08 Å². The second kappa shape index (κ2) is 5.47. The van der Waals surface area contributed by atoms with Gasteiger partial charge in [0.1, 0.15) is 17.9 Å². The molecule has 2 amide bonds. The van der Waals surface area contributed by atoms with Gasteiger partial charge in [0.15, 0.2) is 6.04 Å². The van der Waals surface area contributed by atoms with E-state index in [0.717, 1.165) is 16.0 Å². The predicted octanol–water partition coefficient (Wildman–Crippen LogP) is 0.751. The van der Waals surface area contributed by atoms with Gasteiger partial charge in [-0.05, 0) is 11.6 Å². The number of quaternary nitrogens is 1. The molecule has 0 spiro atoms. The van der Waals surface area contributed by atoms with Crippen molar-refractivity contribution in [3.05, 3.63) is 77.5 Å². The zero-order valence-electron chi connectivity index (χ0n) is 13.9. The number of nitrogens with one attached hydrogen (secondary N) is 2. The summed E-state index contributed by atoms with van der Waals surface area (Å²) in [6.07, 6.45) is 3.92. The van der Waals surface area contributed by atoms with Crippen LogP contribution in [0.1, 0.15) is 27.5 Å². The molecule has 0 aliphatic carbocycles. The van der Waals surface area contributed by atoms with E-state index in [1.165, 1.54) is 0 Å². The molecule has 2 aromatic rings. The van der Waals surface area contributed by atoms with Gasteiger partial charge in [-0.15, -0.1) is 0 Å². The first-order chi connectivity index (χ1) is 12.7. The minimum atomic E-state index is -0.633. The first-order valence-corrected chi connectivity index (χ1v) is 8.74. The van der Waals surface area contributed by atoms with Crippen molar-refractivity contribution in [1.29, 1.82) is 0 Å². The Morgan fingerprint density at radius 2 is 1.58 bits per heavy atom. The van der Waals surface area contributed by atoms with Crippen molar-refractivity contribution >= 4 is 23.7 Å². The lowest BCUT2D eigenvalue weighted by Gasteiger charge is -2.29. The van der Waals surface area contributed by atoms with Crippen LogP contribution in [-0.2, 0) is 9.59 Å². The van der Waals surface area contributed by atoms with Gasteiger partial charge in [-0.2, -0.15) is 0 Å². The summed E-state index contributed by atoms with van der Waals surface area (Å²) in [6, 6.07) is 16.1. The van der Waals surface area contributed by atoms with Gasteiger partial charge in [0.2, 0.25) is 17.6 Å². The van der Waals surface area contributed by atoms with Gasteiger partial charge >= 0.3 is 0 Å². The summed E-state index contributed by atoms with van der Waals surface area (Å²) < 4.78 is 0. The van der Waals surface area contributed by atoms with E-state index in [-0.39, 0.29) is 23.6 Å². The summed E-state index contributed by atoms with van der Waals surface area (Å²) in [6.45, 7) is 0. The lowest BCUT2D eigenvalue weighted by Crippen LogP contribution is -3.12. The van der Waals surface area contributed by atoms with Crippen LogP contribution in [-0.4, -0.2) is 23.6 Å². The number of fused-ring (bicyclic) bond motifs is 5. The minimum Gasteiger partial charge on any atom is -0.295 e. The van der Waals surface area contributed by atoms with Crippen molar-refractivity contribution in [3.63, 3.8) is 0 Å². The summed E-state index contributed by atoms with van der Waals surface area (Å²) in [4.78, 5) is 39.2. The molecule has 3 aliphatic rings. The molecule has 26 heavy (non-hydrogen) atoms. The van der Waals surface area contributed by atoms with E-state index in [0.29, 0.717) is 5.56 Å². The normalized spacial score (nSPS) is 31.2. The number of rotatable bonds is 2. The van der Waals surface area contributed by atoms with E-state index in [1.807, 2.05) is 54.7 Å². The first-order valence-electron chi connectivity index (χ1n) is 8.74. The third kappa shape index (κ3) is 1.98. The molecule has 5 heteroatoms. The molecule has 2 N–H and O–H groups in total. The zero-order chi connectivity index (χ0) is 17.8. The van der Waals surface area contributed by atoms with E-state index >= 15 is 0 Å². The van der Waals surface area contributed by atoms with Crippen molar-refractivity contribution < 1.29 is 19.3 Å². The van der Waals surface area contributed by atoms with Crippen LogP contribution in [0, 0.1) is 11.8 Å². The number of Topliss-reactive ketones (excluding diaryl/α,β-unsaturated/α-hetero) is 1. The molecule has 0 bridgehead atoms. The van der Waals surface area contributed by atoms with E-state index in [2.05, 4.69) is 5.32 Å².